The van der Waals surface area contributed by atoms with Crippen LogP contribution >= 0.6 is 0 Å². The molecule has 1 amide bonds. The minimum Gasteiger partial charge on any atom is -0.497 e. The van der Waals surface area contributed by atoms with Crippen LogP contribution in [0.15, 0.2) is 30.3 Å². The number of nitrogens with zero attached hydrogens (tertiary/aromatic N) is 3. The molecule has 1 aliphatic rings. The third kappa shape index (κ3) is 2.90. The van der Waals surface area contributed by atoms with Gasteiger partial charge in [0.15, 0.2) is 0 Å². The van der Waals surface area contributed by atoms with E-state index in [4.69, 9.17) is 4.74 Å². The van der Waals surface area contributed by atoms with E-state index in [2.05, 4.69) is 15.1 Å². The number of benzene rings is 1. The lowest BCUT2D eigenvalue weighted by atomic mass is 10.2. The molecule has 1 aliphatic heterocycles. The molecule has 1 aromatic heterocycles. The van der Waals surface area contributed by atoms with Crippen LogP contribution in [0.5, 0.6) is 5.75 Å². The predicted octanol–water partition coefficient (Wildman–Crippen LogP) is 1.69. The van der Waals surface area contributed by atoms with Crippen LogP contribution in [0.3, 0.4) is 0 Å². The first-order valence-corrected chi connectivity index (χ1v) is 7.37. The number of aryl methyl sites for hydroxylation is 1. The van der Waals surface area contributed by atoms with Gasteiger partial charge < -0.3 is 14.5 Å². The van der Waals surface area contributed by atoms with Gasteiger partial charge in [-0.25, -0.2) is 0 Å². The Bertz CT molecular complexity index is 642. The van der Waals surface area contributed by atoms with Crippen molar-refractivity contribution in [2.75, 3.05) is 38.2 Å². The fourth-order valence-electron chi connectivity index (χ4n) is 2.65. The van der Waals surface area contributed by atoms with Gasteiger partial charge in [0, 0.05) is 37.6 Å². The number of carbonyl (C=O) groups is 1. The summed E-state index contributed by atoms with van der Waals surface area (Å²) < 4.78 is 5.17. The smallest absolute Gasteiger partial charge is 0.274 e. The summed E-state index contributed by atoms with van der Waals surface area (Å²) in [5, 5.41) is 6.86. The van der Waals surface area contributed by atoms with Gasteiger partial charge in [0.2, 0.25) is 0 Å². The van der Waals surface area contributed by atoms with Gasteiger partial charge in [0.05, 0.1) is 7.11 Å². The van der Waals surface area contributed by atoms with Crippen molar-refractivity contribution in [2.24, 2.45) is 0 Å². The maximum Gasteiger partial charge on any atom is 0.274 e. The highest BCUT2D eigenvalue weighted by molar-refractivity contribution is 5.92. The first-order valence-electron chi connectivity index (χ1n) is 7.37. The fraction of sp³-hybridized carbons (Fsp3) is 0.375. The van der Waals surface area contributed by atoms with Gasteiger partial charge in [0.1, 0.15) is 11.4 Å². The number of H-pyrrole nitrogens is 1. The molecular weight excluding hydrogens is 280 g/mol. The Kier molecular flexibility index (Phi) is 4.00. The summed E-state index contributed by atoms with van der Waals surface area (Å²) in [6.45, 7) is 4.95. The van der Waals surface area contributed by atoms with Gasteiger partial charge in [0.25, 0.3) is 5.91 Å². The Labute approximate surface area is 129 Å². The van der Waals surface area contributed by atoms with E-state index >= 15 is 0 Å². The van der Waals surface area contributed by atoms with E-state index in [1.807, 2.05) is 36.1 Å². The molecule has 2 heterocycles. The lowest BCUT2D eigenvalue weighted by Crippen LogP contribution is -2.48. The zero-order chi connectivity index (χ0) is 15.5. The minimum absolute atomic E-state index is 0.00118. The lowest BCUT2D eigenvalue weighted by molar-refractivity contribution is 0.0741. The van der Waals surface area contributed by atoms with Gasteiger partial charge in [-0.2, -0.15) is 5.10 Å². The van der Waals surface area contributed by atoms with E-state index in [0.29, 0.717) is 18.8 Å². The van der Waals surface area contributed by atoms with Crippen molar-refractivity contribution in [1.29, 1.82) is 0 Å². The number of nitrogens with one attached hydrogen (secondary N) is 1. The summed E-state index contributed by atoms with van der Waals surface area (Å²) in [6.07, 6.45) is 0. The van der Waals surface area contributed by atoms with Gasteiger partial charge in [-0.05, 0) is 37.3 Å². The highest BCUT2D eigenvalue weighted by Crippen LogP contribution is 2.20. The van der Waals surface area contributed by atoms with Crippen LogP contribution in [0, 0.1) is 6.92 Å². The highest BCUT2D eigenvalue weighted by atomic mass is 16.5. The average molecular weight is 300 g/mol. The maximum absolute atomic E-state index is 12.3. The standard InChI is InChI=1S/C16H20N4O2/c1-12-11-15(18-17-12)16(21)20-9-7-19(8-10-20)13-3-5-14(22-2)6-4-13/h3-6,11H,7-10H2,1-2H3,(H,17,18). The molecule has 1 N–H and O–H groups in total. The van der Waals surface area contributed by atoms with Crippen molar-refractivity contribution < 1.29 is 9.53 Å². The fourth-order valence-corrected chi connectivity index (χ4v) is 2.65. The van der Waals surface area contributed by atoms with Crippen LogP contribution in [-0.4, -0.2) is 54.3 Å². The first kappa shape index (κ1) is 14.4. The molecule has 2 aromatic rings. The number of hydrogen-bond acceptors (Lipinski definition) is 4. The molecule has 6 heteroatoms. The zero-order valence-electron chi connectivity index (χ0n) is 12.9. The maximum atomic E-state index is 12.3. The molecule has 0 spiro atoms. The van der Waals surface area contributed by atoms with Gasteiger partial charge in [-0.3, -0.25) is 9.89 Å². The Morgan fingerprint density at radius 1 is 1.18 bits per heavy atom. The molecule has 0 radical (unpaired) electrons. The number of ether oxygens (including phenoxy) is 1. The second-order valence-electron chi connectivity index (χ2n) is 5.41. The Hall–Kier alpha value is -2.50. The summed E-state index contributed by atoms with van der Waals surface area (Å²) in [5.41, 5.74) is 2.55. The molecule has 6 nitrogen and oxygen atoms in total. The van der Waals surface area contributed by atoms with Crippen molar-refractivity contribution in [1.82, 2.24) is 15.1 Å². The third-order valence-corrected chi connectivity index (χ3v) is 3.93. The molecule has 0 saturated carbocycles. The largest absolute Gasteiger partial charge is 0.497 e. The number of methoxy groups -OCH3 is 1. The van der Waals surface area contributed by atoms with Gasteiger partial charge in [-0.15, -0.1) is 0 Å². The second kappa shape index (κ2) is 6.09. The normalized spacial score (nSPS) is 15.0. The number of anilines is 1. The monoisotopic (exact) mass is 300 g/mol. The summed E-state index contributed by atoms with van der Waals surface area (Å²) in [4.78, 5) is 16.5. The second-order valence-corrected chi connectivity index (χ2v) is 5.41. The summed E-state index contributed by atoms with van der Waals surface area (Å²) >= 11 is 0. The Morgan fingerprint density at radius 2 is 1.86 bits per heavy atom. The van der Waals surface area contributed by atoms with E-state index in [-0.39, 0.29) is 5.91 Å². The highest BCUT2D eigenvalue weighted by Gasteiger charge is 2.23. The minimum atomic E-state index is -0.00118. The zero-order valence-corrected chi connectivity index (χ0v) is 12.9. The first-order chi connectivity index (χ1) is 10.7. The van der Waals surface area contributed by atoms with E-state index in [9.17, 15) is 4.79 Å². The molecule has 0 aliphatic carbocycles. The van der Waals surface area contributed by atoms with Crippen molar-refractivity contribution in [3.8, 4) is 5.75 Å². The molecule has 3 rings (SSSR count). The van der Waals surface area contributed by atoms with E-state index in [1.165, 1.54) is 0 Å². The number of carbonyl (C=O) groups excluding carboxylic acids is 1. The van der Waals surface area contributed by atoms with Crippen molar-refractivity contribution >= 4 is 11.6 Å². The predicted molar refractivity (Wildman–Crippen MR) is 84.4 cm³/mol. The summed E-state index contributed by atoms with van der Waals surface area (Å²) in [6, 6.07) is 9.80. The van der Waals surface area contributed by atoms with Crippen LogP contribution < -0.4 is 9.64 Å². The third-order valence-electron chi connectivity index (χ3n) is 3.93. The van der Waals surface area contributed by atoms with Crippen LogP contribution in [0.1, 0.15) is 16.2 Å². The van der Waals surface area contributed by atoms with Crippen LogP contribution in [0.2, 0.25) is 0 Å². The quantitative estimate of drug-likeness (QED) is 0.937. The van der Waals surface area contributed by atoms with Crippen LogP contribution in [0.4, 0.5) is 5.69 Å². The molecule has 22 heavy (non-hydrogen) atoms. The molecule has 1 fully saturated rings. The number of aromatic nitrogens is 2. The van der Waals surface area contributed by atoms with E-state index in [1.54, 1.807) is 13.2 Å². The van der Waals surface area contributed by atoms with Crippen LogP contribution in [-0.2, 0) is 0 Å². The van der Waals surface area contributed by atoms with Crippen LogP contribution in [0.25, 0.3) is 0 Å². The molecule has 1 aromatic carbocycles. The SMILES string of the molecule is COc1ccc(N2CCN(C(=O)c3cc(C)[nH]n3)CC2)cc1. The van der Waals surface area contributed by atoms with Gasteiger partial charge >= 0.3 is 0 Å². The Morgan fingerprint density at radius 3 is 2.41 bits per heavy atom. The number of piperazine rings is 1. The Balaban J connectivity index is 1.61. The molecule has 0 bridgehead atoms. The van der Waals surface area contributed by atoms with Gasteiger partial charge in [-0.1, -0.05) is 0 Å². The number of rotatable bonds is 3. The average Bonchev–Trinajstić information content (AvgIpc) is 3.01. The van der Waals surface area contributed by atoms with E-state index < -0.39 is 0 Å². The number of aromatic amines is 1. The molecular formula is C16H20N4O2. The topological polar surface area (TPSA) is 61.5 Å². The van der Waals surface area contributed by atoms with Crippen molar-refractivity contribution in [3.05, 3.63) is 41.7 Å². The molecule has 0 unspecified atom stereocenters. The summed E-state index contributed by atoms with van der Waals surface area (Å²) in [5.74, 6) is 0.852. The molecule has 116 valence electrons. The number of hydrogen-bond donors (Lipinski definition) is 1. The van der Waals surface area contributed by atoms with E-state index in [0.717, 1.165) is 30.2 Å². The number of amides is 1. The van der Waals surface area contributed by atoms with Crippen molar-refractivity contribution in [2.45, 2.75) is 6.92 Å². The molecule has 0 atom stereocenters. The van der Waals surface area contributed by atoms with Crippen molar-refractivity contribution in [3.63, 3.8) is 0 Å². The molecule has 1 saturated heterocycles. The summed E-state index contributed by atoms with van der Waals surface area (Å²) in [7, 11) is 1.66. The lowest BCUT2D eigenvalue weighted by Gasteiger charge is -2.35.